The summed E-state index contributed by atoms with van der Waals surface area (Å²) in [4.78, 5) is 7.29. The van der Waals surface area contributed by atoms with Gasteiger partial charge in [0.05, 0.1) is 12.2 Å². The normalized spacial score (nSPS) is 10.7. The van der Waals surface area contributed by atoms with E-state index in [-0.39, 0.29) is 5.69 Å². The van der Waals surface area contributed by atoms with E-state index in [0.29, 0.717) is 12.6 Å². The van der Waals surface area contributed by atoms with Crippen LogP contribution in [0.25, 0.3) is 0 Å². The number of hydrogen-bond donors (Lipinski definition) is 1. The molecule has 0 bridgehead atoms. The Hall–Kier alpha value is -1.76. The molecule has 0 saturated heterocycles. The number of benzene rings is 1. The summed E-state index contributed by atoms with van der Waals surface area (Å²) >= 11 is 1.48. The van der Waals surface area contributed by atoms with Crippen LogP contribution in [0.4, 0.5) is 24.0 Å². The van der Waals surface area contributed by atoms with E-state index in [9.17, 15) is 13.2 Å². The van der Waals surface area contributed by atoms with Crippen molar-refractivity contribution in [1.82, 2.24) is 4.98 Å². The van der Waals surface area contributed by atoms with Gasteiger partial charge in [-0.1, -0.05) is 0 Å². The highest BCUT2D eigenvalue weighted by atomic mass is 32.1. The van der Waals surface area contributed by atoms with E-state index < -0.39 is 17.5 Å². The minimum Gasteiger partial charge on any atom is -0.378 e. The van der Waals surface area contributed by atoms with Crippen LogP contribution in [0.2, 0.25) is 0 Å². The fraction of sp³-hybridized carbons (Fsp3) is 0.357. The summed E-state index contributed by atoms with van der Waals surface area (Å²) < 4.78 is 39.4. The first-order valence-electron chi connectivity index (χ1n) is 6.63. The maximum atomic E-state index is 13.5. The van der Waals surface area contributed by atoms with Crippen LogP contribution in [0.15, 0.2) is 18.3 Å². The summed E-state index contributed by atoms with van der Waals surface area (Å²) in [5.41, 5.74) is -0.0633. The second-order valence-electron chi connectivity index (χ2n) is 4.38. The molecule has 0 aliphatic rings. The molecule has 2 rings (SSSR count). The maximum Gasteiger partial charge on any atom is 0.185 e. The molecule has 21 heavy (non-hydrogen) atoms. The molecule has 0 unspecified atom stereocenters. The number of rotatable bonds is 6. The Morgan fingerprint density at radius 2 is 1.76 bits per heavy atom. The van der Waals surface area contributed by atoms with Crippen molar-refractivity contribution >= 4 is 22.2 Å². The van der Waals surface area contributed by atoms with Crippen molar-refractivity contribution in [3.63, 3.8) is 0 Å². The molecule has 0 aliphatic heterocycles. The molecule has 0 spiro atoms. The number of nitrogens with zero attached hydrogens (tertiary/aromatic N) is 2. The molecule has 0 radical (unpaired) electrons. The third-order valence-electron chi connectivity index (χ3n) is 3.04. The van der Waals surface area contributed by atoms with Gasteiger partial charge in [-0.15, -0.1) is 11.3 Å². The highest BCUT2D eigenvalue weighted by Crippen LogP contribution is 2.24. The fourth-order valence-electron chi connectivity index (χ4n) is 1.86. The highest BCUT2D eigenvalue weighted by Gasteiger charge is 2.11. The smallest absolute Gasteiger partial charge is 0.185 e. The van der Waals surface area contributed by atoms with Crippen LogP contribution in [0.3, 0.4) is 0 Å². The largest absolute Gasteiger partial charge is 0.378 e. The van der Waals surface area contributed by atoms with Crippen LogP contribution >= 0.6 is 11.3 Å². The molecule has 1 aromatic carbocycles. The van der Waals surface area contributed by atoms with Crippen molar-refractivity contribution in [2.24, 2.45) is 0 Å². The summed E-state index contributed by atoms with van der Waals surface area (Å²) in [5, 5.41) is 3.65. The third kappa shape index (κ3) is 3.66. The molecule has 0 saturated carbocycles. The minimum absolute atomic E-state index is 0.0633. The summed E-state index contributed by atoms with van der Waals surface area (Å²) in [5.74, 6) is -3.09. The Morgan fingerprint density at radius 3 is 2.43 bits per heavy atom. The molecule has 114 valence electrons. The first-order chi connectivity index (χ1) is 10.0. The zero-order valence-electron chi connectivity index (χ0n) is 11.8. The van der Waals surface area contributed by atoms with Crippen LogP contribution in [0, 0.1) is 17.5 Å². The molecular formula is C14H16F3N3S. The topological polar surface area (TPSA) is 28.2 Å². The molecule has 0 amide bonds. The van der Waals surface area contributed by atoms with Gasteiger partial charge in [-0.25, -0.2) is 18.2 Å². The Labute approximate surface area is 125 Å². The summed E-state index contributed by atoms with van der Waals surface area (Å²) in [6.07, 6.45) is 1.70. The molecular weight excluding hydrogens is 299 g/mol. The van der Waals surface area contributed by atoms with Crippen LogP contribution < -0.4 is 10.2 Å². The molecule has 1 N–H and O–H groups in total. The predicted octanol–water partition coefficient (Wildman–Crippen LogP) is 4.02. The Kier molecular flexibility index (Phi) is 5.06. The Balaban J connectivity index is 2.05. The quantitative estimate of drug-likeness (QED) is 0.816. The van der Waals surface area contributed by atoms with E-state index in [1.807, 2.05) is 13.8 Å². The molecule has 0 fully saturated rings. The second kappa shape index (κ2) is 6.80. The highest BCUT2D eigenvalue weighted by molar-refractivity contribution is 7.15. The van der Waals surface area contributed by atoms with E-state index in [0.717, 1.165) is 29.2 Å². The van der Waals surface area contributed by atoms with E-state index in [4.69, 9.17) is 0 Å². The lowest BCUT2D eigenvalue weighted by atomic mass is 10.3. The molecule has 7 heteroatoms. The van der Waals surface area contributed by atoms with Gasteiger partial charge in [-0.05, 0) is 13.8 Å². The number of aromatic nitrogens is 1. The van der Waals surface area contributed by atoms with Crippen molar-refractivity contribution < 1.29 is 13.2 Å². The number of hydrogen-bond acceptors (Lipinski definition) is 4. The standard InChI is InChI=1S/C14H16F3N3S/c1-3-20(4-2)14-19-8-9(21-14)7-18-13-6-11(16)10(15)5-12(13)17/h5-6,8,18H,3-4,7H2,1-2H3. The summed E-state index contributed by atoms with van der Waals surface area (Å²) in [6, 6.07) is 1.35. The molecule has 1 heterocycles. The van der Waals surface area contributed by atoms with Gasteiger partial charge in [0, 0.05) is 36.3 Å². The van der Waals surface area contributed by atoms with Crippen LogP contribution in [0.5, 0.6) is 0 Å². The van der Waals surface area contributed by atoms with Crippen molar-refractivity contribution in [2.75, 3.05) is 23.3 Å². The van der Waals surface area contributed by atoms with Gasteiger partial charge in [0.1, 0.15) is 5.82 Å². The summed E-state index contributed by atoms with van der Waals surface area (Å²) in [6.45, 7) is 6.10. The van der Waals surface area contributed by atoms with Gasteiger partial charge in [-0.2, -0.15) is 0 Å². The van der Waals surface area contributed by atoms with E-state index in [2.05, 4.69) is 15.2 Å². The third-order valence-corrected chi connectivity index (χ3v) is 4.10. The molecule has 0 aliphatic carbocycles. The Morgan fingerprint density at radius 1 is 1.10 bits per heavy atom. The fourth-order valence-corrected chi connectivity index (χ4v) is 2.84. The number of nitrogens with one attached hydrogen (secondary N) is 1. The van der Waals surface area contributed by atoms with Crippen LogP contribution in [-0.2, 0) is 6.54 Å². The monoisotopic (exact) mass is 315 g/mol. The first kappa shape index (κ1) is 15.6. The molecule has 2 aromatic rings. The minimum atomic E-state index is -1.19. The lowest BCUT2D eigenvalue weighted by Gasteiger charge is -2.16. The van der Waals surface area contributed by atoms with Crippen LogP contribution in [-0.4, -0.2) is 18.1 Å². The first-order valence-corrected chi connectivity index (χ1v) is 7.44. The van der Waals surface area contributed by atoms with Crippen LogP contribution in [0.1, 0.15) is 18.7 Å². The van der Waals surface area contributed by atoms with E-state index in [1.54, 1.807) is 6.20 Å². The van der Waals surface area contributed by atoms with Crippen molar-refractivity contribution in [3.8, 4) is 0 Å². The lowest BCUT2D eigenvalue weighted by Crippen LogP contribution is -2.21. The zero-order valence-corrected chi connectivity index (χ0v) is 12.6. The number of thiazole rings is 1. The van der Waals surface area contributed by atoms with Crippen molar-refractivity contribution in [1.29, 1.82) is 0 Å². The van der Waals surface area contributed by atoms with Gasteiger partial charge in [-0.3, -0.25) is 0 Å². The van der Waals surface area contributed by atoms with Crippen molar-refractivity contribution in [2.45, 2.75) is 20.4 Å². The number of anilines is 2. The average molecular weight is 315 g/mol. The molecule has 3 nitrogen and oxygen atoms in total. The van der Waals surface area contributed by atoms with Gasteiger partial charge >= 0.3 is 0 Å². The van der Waals surface area contributed by atoms with Gasteiger partial charge in [0.2, 0.25) is 0 Å². The van der Waals surface area contributed by atoms with E-state index in [1.165, 1.54) is 11.3 Å². The van der Waals surface area contributed by atoms with Gasteiger partial charge < -0.3 is 10.2 Å². The van der Waals surface area contributed by atoms with E-state index >= 15 is 0 Å². The second-order valence-corrected chi connectivity index (χ2v) is 5.47. The SMILES string of the molecule is CCN(CC)c1ncc(CNc2cc(F)c(F)cc2F)s1. The predicted molar refractivity (Wildman–Crippen MR) is 79.3 cm³/mol. The lowest BCUT2D eigenvalue weighted by molar-refractivity contribution is 0.496. The maximum absolute atomic E-state index is 13.5. The average Bonchev–Trinajstić information content (AvgIpc) is 2.91. The summed E-state index contributed by atoms with van der Waals surface area (Å²) in [7, 11) is 0. The Bertz CT molecular complexity index is 612. The zero-order chi connectivity index (χ0) is 15.4. The van der Waals surface area contributed by atoms with Gasteiger partial charge in [0.25, 0.3) is 0 Å². The molecule has 0 atom stereocenters. The molecule has 1 aromatic heterocycles. The van der Waals surface area contributed by atoms with Gasteiger partial charge in [0.15, 0.2) is 16.8 Å². The van der Waals surface area contributed by atoms with Crippen molar-refractivity contribution in [3.05, 3.63) is 40.7 Å². The number of halogens is 3.